The van der Waals surface area contributed by atoms with Crippen molar-refractivity contribution >= 4 is 11.1 Å². The second-order valence-electron chi connectivity index (χ2n) is 8.20. The van der Waals surface area contributed by atoms with Crippen LogP contribution in [0.5, 0.6) is 0 Å². The number of nitrogens with zero attached hydrogens (tertiary/aromatic N) is 2. The van der Waals surface area contributed by atoms with E-state index in [0.29, 0.717) is 11.8 Å². The monoisotopic (exact) mass is 404 g/mol. The first kappa shape index (κ1) is 19.3. The maximum Gasteiger partial charge on any atom is 0.227 e. The number of aromatic nitrogens is 2. The van der Waals surface area contributed by atoms with E-state index in [4.69, 9.17) is 14.4 Å². The molecule has 0 aliphatic rings. The highest BCUT2D eigenvalue weighted by atomic mass is 16.3. The third-order valence-corrected chi connectivity index (χ3v) is 5.66. The van der Waals surface area contributed by atoms with Crippen molar-refractivity contribution in [1.82, 2.24) is 9.97 Å². The van der Waals surface area contributed by atoms with Crippen LogP contribution in [0.4, 0.5) is 0 Å². The molecule has 0 aliphatic carbocycles. The number of hydrogen-bond donors (Lipinski definition) is 0. The normalized spacial score (nSPS) is 11.4. The molecule has 152 valence electrons. The van der Waals surface area contributed by atoms with Gasteiger partial charge in [0.15, 0.2) is 5.58 Å². The van der Waals surface area contributed by atoms with Crippen LogP contribution in [0.1, 0.15) is 30.9 Å². The highest BCUT2D eigenvalue weighted by molar-refractivity contribution is 5.95. The summed E-state index contributed by atoms with van der Waals surface area (Å²) in [5, 5.41) is 0. The van der Waals surface area contributed by atoms with Crippen molar-refractivity contribution in [3.63, 3.8) is 0 Å². The van der Waals surface area contributed by atoms with Gasteiger partial charge in [0.05, 0.1) is 5.69 Å². The summed E-state index contributed by atoms with van der Waals surface area (Å²) in [5.74, 6) is 1.07. The molecule has 0 saturated heterocycles. The summed E-state index contributed by atoms with van der Waals surface area (Å²) >= 11 is 0. The van der Waals surface area contributed by atoms with Gasteiger partial charge in [-0.25, -0.2) is 4.98 Å². The fourth-order valence-corrected chi connectivity index (χ4v) is 4.04. The molecule has 0 unspecified atom stereocenters. The second-order valence-corrected chi connectivity index (χ2v) is 8.20. The molecule has 0 radical (unpaired) electrons. The summed E-state index contributed by atoms with van der Waals surface area (Å²) in [5.41, 5.74) is 9.26. The smallest absolute Gasteiger partial charge is 0.227 e. The van der Waals surface area contributed by atoms with Gasteiger partial charge < -0.3 is 4.42 Å². The van der Waals surface area contributed by atoms with E-state index in [0.717, 1.165) is 39.0 Å². The van der Waals surface area contributed by atoms with Gasteiger partial charge in [-0.3, -0.25) is 4.98 Å². The number of hydrogen-bond acceptors (Lipinski definition) is 3. The zero-order chi connectivity index (χ0) is 21.4. The number of aryl methyl sites for hydroxylation is 1. The van der Waals surface area contributed by atoms with Gasteiger partial charge in [-0.15, -0.1) is 0 Å². The van der Waals surface area contributed by atoms with Crippen LogP contribution in [0.2, 0.25) is 0 Å². The lowest BCUT2D eigenvalue weighted by atomic mass is 9.95. The molecule has 0 atom stereocenters. The molecule has 0 spiro atoms. The van der Waals surface area contributed by atoms with Crippen LogP contribution in [0.15, 0.2) is 89.5 Å². The van der Waals surface area contributed by atoms with E-state index in [1.807, 2.05) is 54.7 Å². The topological polar surface area (TPSA) is 38.9 Å². The molecular formula is C28H24N2O. The largest absolute Gasteiger partial charge is 0.435 e. The molecule has 3 nitrogen and oxygen atoms in total. The lowest BCUT2D eigenvalue weighted by Gasteiger charge is -2.12. The summed E-state index contributed by atoms with van der Waals surface area (Å²) in [6.07, 6.45) is 1.97. The Hall–Kier alpha value is -3.72. The Bertz CT molecular complexity index is 1350. The first-order valence-electron chi connectivity index (χ1n) is 10.6. The third kappa shape index (κ3) is 3.64. The van der Waals surface area contributed by atoms with Gasteiger partial charge in [0.25, 0.3) is 0 Å². The third-order valence-electron chi connectivity index (χ3n) is 5.66. The summed E-state index contributed by atoms with van der Waals surface area (Å²) < 4.78 is 6.28. The van der Waals surface area contributed by atoms with E-state index >= 15 is 0 Å². The summed E-state index contributed by atoms with van der Waals surface area (Å²) in [6, 6.07) is 26.8. The molecule has 0 amide bonds. The molecule has 3 aromatic carbocycles. The highest BCUT2D eigenvalue weighted by Crippen LogP contribution is 2.36. The standard InChI is InChI=1S/C28H24N2O/c1-18(2)23-16-25(29-17-19(23)3)22-14-24(20-10-6-4-7-11-20)27-26(15-22)30-28(31-27)21-12-8-5-9-13-21/h4-18H,1-3H3. The fourth-order valence-electron chi connectivity index (χ4n) is 4.04. The van der Waals surface area contributed by atoms with Crippen LogP contribution in [0.25, 0.3) is 44.9 Å². The maximum absolute atomic E-state index is 6.28. The van der Waals surface area contributed by atoms with Crippen molar-refractivity contribution in [2.45, 2.75) is 26.7 Å². The maximum atomic E-state index is 6.28. The van der Waals surface area contributed by atoms with Crippen LogP contribution in [-0.2, 0) is 0 Å². The van der Waals surface area contributed by atoms with E-state index in [9.17, 15) is 0 Å². The number of rotatable bonds is 4. The Morgan fingerprint density at radius 2 is 1.45 bits per heavy atom. The molecule has 0 fully saturated rings. The average molecular weight is 405 g/mol. The Morgan fingerprint density at radius 1 is 0.774 bits per heavy atom. The predicted octanol–water partition coefficient (Wildman–Crippen LogP) is 7.66. The zero-order valence-corrected chi connectivity index (χ0v) is 18.0. The molecule has 2 aromatic heterocycles. The van der Waals surface area contributed by atoms with E-state index in [1.54, 1.807) is 0 Å². The molecular weight excluding hydrogens is 380 g/mol. The van der Waals surface area contributed by atoms with Gasteiger partial charge in [-0.2, -0.15) is 0 Å². The van der Waals surface area contributed by atoms with E-state index < -0.39 is 0 Å². The highest BCUT2D eigenvalue weighted by Gasteiger charge is 2.17. The minimum Gasteiger partial charge on any atom is -0.435 e. The summed E-state index contributed by atoms with van der Waals surface area (Å²) in [7, 11) is 0. The number of pyridine rings is 1. The Balaban J connectivity index is 1.75. The lowest BCUT2D eigenvalue weighted by Crippen LogP contribution is -1.95. The van der Waals surface area contributed by atoms with Gasteiger partial charge in [0, 0.05) is 22.9 Å². The Labute approximate surface area is 182 Å². The van der Waals surface area contributed by atoms with E-state index in [-0.39, 0.29) is 0 Å². The quantitative estimate of drug-likeness (QED) is 0.309. The SMILES string of the molecule is Cc1cnc(-c2cc(-c3ccccc3)c3oc(-c4ccccc4)nc3c2)cc1C(C)C. The van der Waals surface area contributed by atoms with E-state index in [2.05, 4.69) is 51.1 Å². The van der Waals surface area contributed by atoms with Crippen molar-refractivity contribution in [1.29, 1.82) is 0 Å². The van der Waals surface area contributed by atoms with E-state index in [1.165, 1.54) is 11.1 Å². The minimum absolute atomic E-state index is 0.441. The van der Waals surface area contributed by atoms with Gasteiger partial charge >= 0.3 is 0 Å². The van der Waals surface area contributed by atoms with Crippen molar-refractivity contribution in [3.8, 4) is 33.8 Å². The molecule has 2 heterocycles. The fraction of sp³-hybridized carbons (Fsp3) is 0.143. The van der Waals surface area contributed by atoms with Gasteiger partial charge in [0.1, 0.15) is 5.52 Å². The molecule has 5 aromatic rings. The second kappa shape index (κ2) is 7.84. The van der Waals surface area contributed by atoms with Crippen LogP contribution >= 0.6 is 0 Å². The number of fused-ring (bicyclic) bond motifs is 1. The molecule has 5 rings (SSSR count). The first-order valence-corrected chi connectivity index (χ1v) is 10.6. The van der Waals surface area contributed by atoms with Crippen molar-refractivity contribution in [3.05, 3.63) is 96.2 Å². The Kier molecular flexibility index (Phi) is 4.87. The molecule has 31 heavy (non-hydrogen) atoms. The number of oxazole rings is 1. The molecule has 0 saturated carbocycles. The van der Waals surface area contributed by atoms with Crippen molar-refractivity contribution in [2.75, 3.05) is 0 Å². The van der Waals surface area contributed by atoms with Crippen LogP contribution in [0.3, 0.4) is 0 Å². The van der Waals surface area contributed by atoms with Crippen LogP contribution < -0.4 is 0 Å². The lowest BCUT2D eigenvalue weighted by molar-refractivity contribution is 0.621. The van der Waals surface area contributed by atoms with Gasteiger partial charge in [0.2, 0.25) is 5.89 Å². The predicted molar refractivity (Wildman–Crippen MR) is 127 cm³/mol. The molecule has 0 bridgehead atoms. The first-order chi connectivity index (χ1) is 15.1. The van der Waals surface area contributed by atoms with Crippen molar-refractivity contribution < 1.29 is 4.42 Å². The molecule has 0 aliphatic heterocycles. The molecule has 3 heteroatoms. The summed E-state index contributed by atoms with van der Waals surface area (Å²) in [4.78, 5) is 9.58. The Morgan fingerprint density at radius 3 is 2.13 bits per heavy atom. The minimum atomic E-state index is 0.441. The molecule has 0 N–H and O–H groups in total. The summed E-state index contributed by atoms with van der Waals surface area (Å²) in [6.45, 7) is 6.55. The van der Waals surface area contributed by atoms with Crippen LogP contribution in [0, 0.1) is 6.92 Å². The zero-order valence-electron chi connectivity index (χ0n) is 18.0. The van der Waals surface area contributed by atoms with Crippen LogP contribution in [-0.4, -0.2) is 9.97 Å². The average Bonchev–Trinajstić information content (AvgIpc) is 3.24. The number of benzene rings is 3. The van der Waals surface area contributed by atoms with Gasteiger partial charge in [-0.1, -0.05) is 62.4 Å². The van der Waals surface area contributed by atoms with Gasteiger partial charge in [-0.05, 0) is 59.9 Å². The van der Waals surface area contributed by atoms with Crippen molar-refractivity contribution in [2.24, 2.45) is 0 Å².